The van der Waals surface area contributed by atoms with E-state index >= 15 is 0 Å². The van der Waals surface area contributed by atoms with E-state index in [1.54, 1.807) is 6.20 Å². The molecule has 1 N–H and O–H groups in total. The summed E-state index contributed by atoms with van der Waals surface area (Å²) in [6, 6.07) is 25.4. The first-order chi connectivity index (χ1) is 15.8. The van der Waals surface area contributed by atoms with Crippen molar-refractivity contribution in [3.05, 3.63) is 96.5 Å². The summed E-state index contributed by atoms with van der Waals surface area (Å²) in [5, 5.41) is 4.05. The molecule has 0 unspecified atom stereocenters. The van der Waals surface area contributed by atoms with Gasteiger partial charge in [0.15, 0.2) is 16.6 Å². The number of nitrogens with zero attached hydrogens (tertiary/aromatic N) is 2. The molecule has 1 saturated heterocycles. The lowest BCUT2D eigenvalue weighted by molar-refractivity contribution is 0.174. The third-order valence-corrected chi connectivity index (χ3v) is 6.02. The van der Waals surface area contributed by atoms with Gasteiger partial charge < -0.3 is 24.1 Å². The highest BCUT2D eigenvalue weighted by Crippen LogP contribution is 2.45. The van der Waals surface area contributed by atoms with Crippen LogP contribution in [-0.2, 0) is 0 Å². The summed E-state index contributed by atoms with van der Waals surface area (Å²) in [5.41, 5.74) is 2.81. The largest absolute Gasteiger partial charge is 0.459 e. The molecule has 7 heteroatoms. The predicted octanol–water partition coefficient (Wildman–Crippen LogP) is 5.25. The number of rotatable bonds is 4. The number of fused-ring (bicyclic) bond motifs is 1. The molecule has 158 valence electrons. The third-order valence-electron chi connectivity index (χ3n) is 5.71. The second-order valence-corrected chi connectivity index (χ2v) is 7.99. The topological polar surface area (TPSA) is 59.8 Å². The Hall–Kier alpha value is -3.84. The highest BCUT2D eigenvalue weighted by Gasteiger charge is 2.43. The van der Waals surface area contributed by atoms with Gasteiger partial charge in [-0.3, -0.25) is 4.98 Å². The summed E-state index contributed by atoms with van der Waals surface area (Å²) >= 11 is 5.78. The molecule has 6 nitrogen and oxygen atoms in total. The molecule has 1 fully saturated rings. The molecular formula is C25H19N3O3S. The van der Waals surface area contributed by atoms with Crippen LogP contribution in [0.1, 0.15) is 23.5 Å². The van der Waals surface area contributed by atoms with Crippen molar-refractivity contribution in [2.45, 2.75) is 12.1 Å². The molecule has 0 saturated carbocycles. The monoisotopic (exact) mass is 441 g/mol. The number of hydrogen-bond donors (Lipinski definition) is 1. The molecule has 2 aliphatic rings. The quantitative estimate of drug-likeness (QED) is 0.434. The van der Waals surface area contributed by atoms with Gasteiger partial charge in [-0.15, -0.1) is 0 Å². The first kappa shape index (κ1) is 18.9. The fourth-order valence-electron chi connectivity index (χ4n) is 4.23. The highest BCUT2D eigenvalue weighted by atomic mass is 32.1. The molecule has 0 radical (unpaired) electrons. The smallest absolute Gasteiger partial charge is 0.231 e. The van der Waals surface area contributed by atoms with Crippen molar-refractivity contribution < 1.29 is 13.9 Å². The molecular weight excluding hydrogens is 422 g/mol. The van der Waals surface area contributed by atoms with E-state index in [-0.39, 0.29) is 18.9 Å². The van der Waals surface area contributed by atoms with Gasteiger partial charge in [0.25, 0.3) is 0 Å². The van der Waals surface area contributed by atoms with E-state index < -0.39 is 0 Å². The van der Waals surface area contributed by atoms with Crippen LogP contribution >= 0.6 is 12.2 Å². The first-order valence-corrected chi connectivity index (χ1v) is 10.7. The Labute approximate surface area is 190 Å². The van der Waals surface area contributed by atoms with Crippen LogP contribution in [0.3, 0.4) is 0 Å². The number of nitrogens with one attached hydrogen (secondary N) is 1. The van der Waals surface area contributed by atoms with Gasteiger partial charge in [-0.2, -0.15) is 0 Å². The zero-order valence-corrected chi connectivity index (χ0v) is 17.8. The Bertz CT molecular complexity index is 1280. The van der Waals surface area contributed by atoms with Crippen LogP contribution in [0.2, 0.25) is 0 Å². The third kappa shape index (κ3) is 3.18. The Morgan fingerprint density at radius 1 is 0.906 bits per heavy atom. The van der Waals surface area contributed by atoms with Crippen LogP contribution in [0.25, 0.3) is 11.3 Å². The molecule has 0 spiro atoms. The van der Waals surface area contributed by atoms with Crippen molar-refractivity contribution in [3.8, 4) is 22.8 Å². The number of anilines is 1. The van der Waals surface area contributed by atoms with E-state index in [0.29, 0.717) is 10.9 Å². The van der Waals surface area contributed by atoms with Crippen molar-refractivity contribution in [1.82, 2.24) is 10.3 Å². The van der Waals surface area contributed by atoms with Crippen LogP contribution in [0, 0.1) is 0 Å². The Kier molecular flexibility index (Phi) is 4.54. The SMILES string of the molecule is S=C1N[C@@H](c2ccccn2)[C@@H](c2ccc(-c3ccccc3)o2)N1c1ccc2c(c1)OCO2. The van der Waals surface area contributed by atoms with Crippen molar-refractivity contribution >= 4 is 23.0 Å². The molecule has 2 atom stereocenters. The van der Waals surface area contributed by atoms with Gasteiger partial charge >= 0.3 is 0 Å². The fourth-order valence-corrected chi connectivity index (χ4v) is 4.57. The van der Waals surface area contributed by atoms with Crippen LogP contribution in [0.15, 0.2) is 89.5 Å². The van der Waals surface area contributed by atoms with Crippen LogP contribution in [-0.4, -0.2) is 16.9 Å². The summed E-state index contributed by atoms with van der Waals surface area (Å²) in [6.07, 6.45) is 1.79. The summed E-state index contributed by atoms with van der Waals surface area (Å²) in [5.74, 6) is 3.04. The average Bonchev–Trinajstić information content (AvgIpc) is 3.58. The molecule has 4 heterocycles. The molecule has 4 aromatic rings. The van der Waals surface area contributed by atoms with Crippen molar-refractivity contribution in [2.75, 3.05) is 11.7 Å². The maximum absolute atomic E-state index is 6.37. The molecule has 0 amide bonds. The van der Waals surface area contributed by atoms with Gasteiger partial charge in [-0.1, -0.05) is 36.4 Å². The lowest BCUT2D eigenvalue weighted by atomic mass is 10.0. The minimum atomic E-state index is -0.227. The molecule has 0 bridgehead atoms. The van der Waals surface area contributed by atoms with Gasteiger partial charge in [-0.05, 0) is 48.6 Å². The Morgan fingerprint density at radius 2 is 1.75 bits per heavy atom. The Morgan fingerprint density at radius 3 is 2.59 bits per heavy atom. The molecule has 6 rings (SSSR count). The van der Waals surface area contributed by atoms with Crippen molar-refractivity contribution in [3.63, 3.8) is 0 Å². The van der Waals surface area contributed by atoms with Gasteiger partial charge in [0, 0.05) is 23.5 Å². The minimum Gasteiger partial charge on any atom is -0.459 e. The number of hydrogen-bond acceptors (Lipinski definition) is 5. The molecule has 32 heavy (non-hydrogen) atoms. The van der Waals surface area contributed by atoms with Gasteiger partial charge in [0.2, 0.25) is 6.79 Å². The van der Waals surface area contributed by atoms with Gasteiger partial charge in [-0.25, -0.2) is 0 Å². The maximum atomic E-state index is 6.37. The molecule has 2 aromatic heterocycles. The normalized spacial score (nSPS) is 19.2. The minimum absolute atomic E-state index is 0.177. The van der Waals surface area contributed by atoms with Crippen LogP contribution in [0.4, 0.5) is 5.69 Å². The molecule has 2 aliphatic heterocycles. The summed E-state index contributed by atoms with van der Waals surface area (Å²) in [4.78, 5) is 6.65. The number of aromatic nitrogens is 1. The standard InChI is InChI=1S/C25H19N3O3S/c32-25-27-23(18-8-4-5-13-26-18)24(21-12-11-19(31-21)16-6-2-1-3-7-16)28(25)17-9-10-20-22(14-17)30-15-29-20/h1-14,23-24H,15H2,(H,27,32)/t23-,24+/m0/s1. The number of benzene rings is 2. The zero-order valence-electron chi connectivity index (χ0n) is 17.0. The van der Waals surface area contributed by atoms with E-state index in [1.807, 2.05) is 78.9 Å². The van der Waals surface area contributed by atoms with E-state index in [9.17, 15) is 0 Å². The average molecular weight is 442 g/mol. The van der Waals surface area contributed by atoms with Crippen LogP contribution in [0.5, 0.6) is 11.5 Å². The summed E-state index contributed by atoms with van der Waals surface area (Å²) in [6.45, 7) is 0.222. The van der Waals surface area contributed by atoms with Gasteiger partial charge in [0.05, 0.1) is 11.7 Å². The lowest BCUT2D eigenvalue weighted by Gasteiger charge is -2.26. The number of thiocarbonyl (C=S) groups is 1. The predicted molar refractivity (Wildman–Crippen MR) is 125 cm³/mol. The maximum Gasteiger partial charge on any atom is 0.231 e. The van der Waals surface area contributed by atoms with E-state index in [4.69, 9.17) is 26.1 Å². The van der Waals surface area contributed by atoms with Crippen molar-refractivity contribution in [1.29, 1.82) is 0 Å². The first-order valence-electron chi connectivity index (χ1n) is 10.3. The Balaban J connectivity index is 1.45. The highest BCUT2D eigenvalue weighted by molar-refractivity contribution is 7.80. The second kappa shape index (κ2) is 7.69. The summed E-state index contributed by atoms with van der Waals surface area (Å²) in [7, 11) is 0. The zero-order chi connectivity index (χ0) is 21.5. The molecule has 2 aromatic carbocycles. The number of ether oxygens (including phenoxy) is 2. The lowest BCUT2D eigenvalue weighted by Crippen LogP contribution is -2.29. The fraction of sp³-hybridized carbons (Fsp3) is 0.120. The number of pyridine rings is 1. The van der Waals surface area contributed by atoms with Gasteiger partial charge in [0.1, 0.15) is 17.6 Å². The second-order valence-electron chi connectivity index (χ2n) is 7.60. The van der Waals surface area contributed by atoms with E-state index in [2.05, 4.69) is 15.2 Å². The van der Waals surface area contributed by atoms with E-state index in [1.165, 1.54) is 0 Å². The van der Waals surface area contributed by atoms with E-state index in [0.717, 1.165) is 34.2 Å². The van der Waals surface area contributed by atoms with Crippen molar-refractivity contribution in [2.24, 2.45) is 0 Å². The summed E-state index contributed by atoms with van der Waals surface area (Å²) < 4.78 is 17.5. The molecule has 0 aliphatic carbocycles. The van der Waals surface area contributed by atoms with Crippen LogP contribution < -0.4 is 19.7 Å². The number of furan rings is 1.